The van der Waals surface area contributed by atoms with Crippen molar-refractivity contribution in [2.24, 2.45) is 0 Å². The number of para-hydroxylation sites is 1. The van der Waals surface area contributed by atoms with Crippen LogP contribution in [-0.4, -0.2) is 14.8 Å². The van der Waals surface area contributed by atoms with E-state index in [1.54, 1.807) is 0 Å². The van der Waals surface area contributed by atoms with Crippen LogP contribution in [0, 0.1) is 6.92 Å². The summed E-state index contributed by atoms with van der Waals surface area (Å²) in [5.74, 6) is 0.774. The first-order valence-electron chi connectivity index (χ1n) is 6.00. The molecular weight excluding hydrogens is 277 g/mol. The van der Waals surface area contributed by atoms with Gasteiger partial charge >= 0.3 is 29.6 Å². The van der Waals surface area contributed by atoms with Crippen molar-refractivity contribution < 1.29 is 29.6 Å². The van der Waals surface area contributed by atoms with E-state index < -0.39 is 0 Å². The van der Waals surface area contributed by atoms with Gasteiger partial charge in [-0.15, -0.1) is 5.10 Å². The molecule has 1 aromatic heterocycles. The Balaban J connectivity index is 0.00000147. The van der Waals surface area contributed by atoms with E-state index in [2.05, 4.69) is 29.3 Å². The quantitative estimate of drug-likeness (QED) is 0.497. The van der Waals surface area contributed by atoms with Crippen LogP contribution in [0.1, 0.15) is 5.56 Å². The number of nitrogens with zero attached hydrogens (tertiary/aromatic N) is 3. The van der Waals surface area contributed by atoms with E-state index in [9.17, 15) is 0 Å². The third-order valence-electron chi connectivity index (χ3n) is 2.96. The van der Waals surface area contributed by atoms with Gasteiger partial charge in [0.2, 0.25) is 0 Å². The molecule has 0 spiro atoms. The molecule has 3 nitrogen and oxygen atoms in total. The third kappa shape index (κ3) is 2.94. The van der Waals surface area contributed by atoms with Crippen LogP contribution < -0.4 is 29.6 Å². The van der Waals surface area contributed by atoms with Gasteiger partial charge in [0.15, 0.2) is 5.82 Å². The van der Waals surface area contributed by atoms with Crippen molar-refractivity contribution in [3.63, 3.8) is 0 Å². The van der Waals surface area contributed by atoms with Crippen molar-refractivity contribution in [3.8, 4) is 17.1 Å². The van der Waals surface area contributed by atoms with Gasteiger partial charge in [0.1, 0.15) is 0 Å². The zero-order chi connectivity index (χ0) is 13.2. The molecule has 94 valence electrons. The number of aromatic nitrogens is 3. The summed E-state index contributed by atoms with van der Waals surface area (Å²) in [5, 5.41) is 8.69. The van der Waals surface area contributed by atoms with Crippen LogP contribution in [-0.2, 0) is 12.6 Å². The predicted molar refractivity (Wildman–Crippen MR) is 77.2 cm³/mol. The average Bonchev–Trinajstić information content (AvgIpc) is 2.82. The van der Waals surface area contributed by atoms with Crippen LogP contribution in [0.4, 0.5) is 0 Å². The molecule has 0 aliphatic carbocycles. The normalized spacial score (nSPS) is 10.1. The minimum Gasteiger partial charge on any atom is -0.740 e. The van der Waals surface area contributed by atoms with E-state index in [0.29, 0.717) is 5.16 Å². The van der Waals surface area contributed by atoms with E-state index in [-0.39, 0.29) is 29.6 Å². The second-order valence-corrected chi connectivity index (χ2v) is 4.71. The Morgan fingerprint density at radius 2 is 1.55 bits per heavy atom. The van der Waals surface area contributed by atoms with E-state index >= 15 is 0 Å². The summed E-state index contributed by atoms with van der Waals surface area (Å²) < 4.78 is 1.89. The molecule has 5 heteroatoms. The Labute approximate surface area is 145 Å². The molecule has 0 N–H and O–H groups in total. The van der Waals surface area contributed by atoms with Gasteiger partial charge in [0.05, 0.1) is 0 Å². The van der Waals surface area contributed by atoms with E-state index in [1.165, 1.54) is 5.56 Å². The first-order valence-corrected chi connectivity index (χ1v) is 6.41. The largest absolute Gasteiger partial charge is 1.00 e. The molecule has 0 bridgehead atoms. The van der Waals surface area contributed by atoms with Crippen LogP contribution in [0.25, 0.3) is 17.1 Å². The molecule has 2 aromatic carbocycles. The summed E-state index contributed by atoms with van der Waals surface area (Å²) in [4.78, 5) is 0. The van der Waals surface area contributed by atoms with Crippen LogP contribution in [0.2, 0.25) is 0 Å². The molecule has 1 heterocycles. The fraction of sp³-hybridized carbons (Fsp3) is 0.0667. The van der Waals surface area contributed by atoms with E-state index in [1.807, 2.05) is 47.0 Å². The van der Waals surface area contributed by atoms with Crippen molar-refractivity contribution in [1.29, 1.82) is 0 Å². The van der Waals surface area contributed by atoms with Gasteiger partial charge in [-0.2, -0.15) is 5.10 Å². The number of hydrogen-bond donors (Lipinski definition) is 0. The molecule has 0 radical (unpaired) electrons. The second kappa shape index (κ2) is 6.50. The van der Waals surface area contributed by atoms with E-state index in [0.717, 1.165) is 17.1 Å². The molecule has 0 saturated heterocycles. The topological polar surface area (TPSA) is 30.7 Å². The van der Waals surface area contributed by atoms with Crippen molar-refractivity contribution >= 4 is 12.6 Å². The molecule has 0 atom stereocenters. The summed E-state index contributed by atoms with van der Waals surface area (Å²) in [6, 6.07) is 18.1. The molecule has 3 aromatic rings. The number of aryl methyl sites for hydroxylation is 1. The molecule has 0 amide bonds. The van der Waals surface area contributed by atoms with Crippen molar-refractivity contribution in [3.05, 3.63) is 60.2 Å². The maximum atomic E-state index is 5.27. The van der Waals surface area contributed by atoms with Gasteiger partial charge in [-0.1, -0.05) is 48.0 Å². The van der Waals surface area contributed by atoms with Gasteiger partial charge < -0.3 is 12.6 Å². The standard InChI is InChI=1S/C15H13N3S.Na/c1-11-7-9-12(10-8-11)14-16-17-15(19)18(14)13-5-3-2-4-6-13;/h2-10H,1H3,(H,17,19);/q;+1/p-1. The first kappa shape index (κ1) is 15.2. The fourth-order valence-electron chi connectivity index (χ4n) is 1.97. The molecule has 20 heavy (non-hydrogen) atoms. The van der Waals surface area contributed by atoms with Crippen LogP contribution in [0.5, 0.6) is 0 Å². The Kier molecular flexibility index (Phi) is 4.94. The molecule has 0 aliphatic heterocycles. The maximum absolute atomic E-state index is 5.27. The molecule has 3 rings (SSSR count). The fourth-order valence-corrected chi connectivity index (χ4v) is 2.20. The number of hydrogen-bond acceptors (Lipinski definition) is 3. The number of rotatable bonds is 2. The van der Waals surface area contributed by atoms with Crippen molar-refractivity contribution in [2.75, 3.05) is 0 Å². The van der Waals surface area contributed by atoms with E-state index in [4.69, 9.17) is 12.6 Å². The Morgan fingerprint density at radius 3 is 2.20 bits per heavy atom. The summed E-state index contributed by atoms with van der Waals surface area (Å²) in [7, 11) is 0. The second-order valence-electron chi connectivity index (χ2n) is 4.34. The van der Waals surface area contributed by atoms with Gasteiger partial charge in [-0.25, -0.2) is 0 Å². The predicted octanol–water partition coefficient (Wildman–Crippen LogP) is 0.153. The van der Waals surface area contributed by atoms with Crippen LogP contribution >= 0.6 is 0 Å². The Morgan fingerprint density at radius 1 is 0.900 bits per heavy atom. The van der Waals surface area contributed by atoms with Crippen molar-refractivity contribution in [1.82, 2.24) is 14.8 Å². The van der Waals surface area contributed by atoms with Gasteiger partial charge in [0.25, 0.3) is 0 Å². The maximum Gasteiger partial charge on any atom is 1.00 e. The van der Waals surface area contributed by atoms with Gasteiger partial charge in [-0.05, 0) is 19.1 Å². The molecule has 0 unspecified atom stereocenters. The van der Waals surface area contributed by atoms with Crippen molar-refractivity contribution in [2.45, 2.75) is 12.1 Å². The molecule has 0 aliphatic rings. The summed E-state index contributed by atoms with van der Waals surface area (Å²) >= 11 is 5.27. The summed E-state index contributed by atoms with van der Waals surface area (Å²) in [6.07, 6.45) is 0. The Hall–Kier alpha value is -1.20. The zero-order valence-corrected chi connectivity index (χ0v) is 14.3. The smallest absolute Gasteiger partial charge is 0.740 e. The third-order valence-corrected chi connectivity index (χ3v) is 3.22. The minimum atomic E-state index is 0. The van der Waals surface area contributed by atoms with Crippen LogP contribution in [0.3, 0.4) is 0 Å². The van der Waals surface area contributed by atoms with Gasteiger partial charge in [-0.3, -0.25) is 4.57 Å². The molecule has 0 saturated carbocycles. The number of benzene rings is 2. The summed E-state index contributed by atoms with van der Waals surface area (Å²) in [5.41, 5.74) is 3.21. The van der Waals surface area contributed by atoms with Crippen LogP contribution in [0.15, 0.2) is 59.8 Å². The molecule has 0 fully saturated rings. The minimum absolute atomic E-state index is 0. The van der Waals surface area contributed by atoms with Gasteiger partial charge in [0, 0.05) is 16.4 Å². The SMILES string of the molecule is Cc1ccc(-c2nnc([S-])n2-c2ccccc2)cc1.[Na+]. The first-order chi connectivity index (χ1) is 9.25. The Bertz CT molecular complexity index is 693. The molecular formula is C15H12N3NaS. The monoisotopic (exact) mass is 289 g/mol. The summed E-state index contributed by atoms with van der Waals surface area (Å²) in [6.45, 7) is 2.06. The average molecular weight is 289 g/mol. The zero-order valence-electron chi connectivity index (χ0n) is 11.4.